The Morgan fingerprint density at radius 1 is 1.13 bits per heavy atom. The molecule has 2 aromatic heterocycles. The fourth-order valence-corrected chi connectivity index (χ4v) is 3.85. The summed E-state index contributed by atoms with van der Waals surface area (Å²) in [6.45, 7) is 0. The largest absolute Gasteiger partial charge is 0.497 e. The van der Waals surface area contributed by atoms with Gasteiger partial charge in [-0.15, -0.1) is 0 Å². The minimum atomic E-state index is -0.330. The molecule has 4 aromatic rings. The molecule has 158 valence electrons. The van der Waals surface area contributed by atoms with Crippen LogP contribution in [0.25, 0.3) is 16.9 Å². The van der Waals surface area contributed by atoms with Crippen LogP contribution >= 0.6 is 11.8 Å². The van der Waals surface area contributed by atoms with E-state index in [1.807, 2.05) is 6.07 Å². The summed E-state index contributed by atoms with van der Waals surface area (Å²) in [4.78, 5) is 21.6. The number of ether oxygens (including phenoxy) is 2. The standard InChI is InChI=1S/C22H19FN4O3S/c1-29-16-9-10-17(19(12-16)30-2)25-20(28)13-31-22-26-18-4-3-11-24-21(18)27(22)15-7-5-14(23)6-8-15/h3-12H,13H2,1-2H3,(H,25,28). The van der Waals surface area contributed by atoms with Gasteiger partial charge in [-0.1, -0.05) is 11.8 Å². The van der Waals surface area contributed by atoms with E-state index >= 15 is 0 Å². The molecule has 31 heavy (non-hydrogen) atoms. The fraction of sp³-hybridized carbons (Fsp3) is 0.136. The molecule has 0 radical (unpaired) electrons. The third-order valence-corrected chi connectivity index (χ3v) is 5.42. The molecule has 4 rings (SSSR count). The Bertz CT molecular complexity index is 1230. The van der Waals surface area contributed by atoms with Crippen LogP contribution in [-0.4, -0.2) is 40.4 Å². The van der Waals surface area contributed by atoms with Crippen LogP contribution in [0, 0.1) is 5.82 Å². The molecule has 1 amide bonds. The van der Waals surface area contributed by atoms with Crippen molar-refractivity contribution in [1.82, 2.24) is 14.5 Å². The van der Waals surface area contributed by atoms with Crippen molar-refractivity contribution in [3.05, 3.63) is 66.6 Å². The van der Waals surface area contributed by atoms with Crippen molar-refractivity contribution in [2.24, 2.45) is 0 Å². The van der Waals surface area contributed by atoms with Crippen molar-refractivity contribution >= 4 is 34.5 Å². The Labute approximate surface area is 182 Å². The molecule has 7 nitrogen and oxygen atoms in total. The summed E-state index contributed by atoms with van der Waals surface area (Å²) in [5, 5.41) is 3.42. The zero-order valence-corrected chi connectivity index (χ0v) is 17.6. The van der Waals surface area contributed by atoms with Crippen molar-refractivity contribution in [2.75, 3.05) is 25.3 Å². The fourth-order valence-electron chi connectivity index (χ4n) is 3.03. The number of amides is 1. The number of hydrogen-bond donors (Lipinski definition) is 1. The number of imidazole rings is 1. The molecule has 0 bridgehead atoms. The van der Waals surface area contributed by atoms with E-state index in [9.17, 15) is 9.18 Å². The quantitative estimate of drug-likeness (QED) is 0.433. The number of rotatable bonds is 7. The average molecular weight is 438 g/mol. The van der Waals surface area contributed by atoms with Crippen LogP contribution in [0.3, 0.4) is 0 Å². The summed E-state index contributed by atoms with van der Waals surface area (Å²) in [6, 6.07) is 14.8. The number of nitrogens with zero attached hydrogens (tertiary/aromatic N) is 3. The summed E-state index contributed by atoms with van der Waals surface area (Å²) in [7, 11) is 3.09. The number of nitrogens with one attached hydrogen (secondary N) is 1. The SMILES string of the molecule is COc1ccc(NC(=O)CSc2nc3cccnc3n2-c2ccc(F)cc2)c(OC)c1. The number of benzene rings is 2. The minimum absolute atomic E-state index is 0.111. The van der Waals surface area contributed by atoms with Crippen molar-refractivity contribution in [1.29, 1.82) is 0 Å². The second kappa shape index (κ2) is 9.05. The van der Waals surface area contributed by atoms with E-state index in [2.05, 4.69) is 15.3 Å². The number of halogens is 1. The molecule has 9 heteroatoms. The van der Waals surface area contributed by atoms with Gasteiger partial charge in [0.1, 0.15) is 22.8 Å². The van der Waals surface area contributed by atoms with E-state index in [-0.39, 0.29) is 17.5 Å². The molecule has 0 saturated heterocycles. The maximum Gasteiger partial charge on any atom is 0.234 e. The molecule has 0 aliphatic carbocycles. The average Bonchev–Trinajstić information content (AvgIpc) is 3.17. The van der Waals surface area contributed by atoms with Gasteiger partial charge in [-0.3, -0.25) is 9.36 Å². The summed E-state index contributed by atoms with van der Waals surface area (Å²) in [5.74, 6) is 0.687. The van der Waals surface area contributed by atoms with Crippen LogP contribution in [0.5, 0.6) is 11.5 Å². The smallest absolute Gasteiger partial charge is 0.234 e. The minimum Gasteiger partial charge on any atom is -0.497 e. The van der Waals surface area contributed by atoms with Crippen molar-refractivity contribution in [3.63, 3.8) is 0 Å². The predicted octanol–water partition coefficient (Wildman–Crippen LogP) is 4.31. The highest BCUT2D eigenvalue weighted by Gasteiger charge is 2.16. The summed E-state index contributed by atoms with van der Waals surface area (Å²) in [5.41, 5.74) is 2.57. The normalized spacial score (nSPS) is 10.8. The van der Waals surface area contributed by atoms with Gasteiger partial charge in [0.15, 0.2) is 10.8 Å². The van der Waals surface area contributed by atoms with Gasteiger partial charge in [-0.2, -0.15) is 0 Å². The van der Waals surface area contributed by atoms with Gasteiger partial charge in [0.2, 0.25) is 5.91 Å². The Hall–Kier alpha value is -3.59. The summed E-state index contributed by atoms with van der Waals surface area (Å²) >= 11 is 1.26. The number of carbonyl (C=O) groups is 1. The number of aromatic nitrogens is 3. The number of hydrogen-bond acceptors (Lipinski definition) is 6. The molecule has 0 saturated carbocycles. The molecule has 0 aliphatic heterocycles. The van der Waals surface area contributed by atoms with Crippen LogP contribution in [0.4, 0.5) is 10.1 Å². The van der Waals surface area contributed by atoms with E-state index in [4.69, 9.17) is 9.47 Å². The maximum absolute atomic E-state index is 13.4. The first kappa shape index (κ1) is 20.7. The predicted molar refractivity (Wildman–Crippen MR) is 118 cm³/mol. The van der Waals surface area contributed by atoms with Crippen LogP contribution in [0.15, 0.2) is 66.0 Å². The van der Waals surface area contributed by atoms with Crippen molar-refractivity contribution < 1.29 is 18.7 Å². The number of fused-ring (bicyclic) bond motifs is 1. The first-order chi connectivity index (χ1) is 15.1. The van der Waals surface area contributed by atoms with Crippen molar-refractivity contribution in [2.45, 2.75) is 5.16 Å². The molecule has 0 atom stereocenters. The molecular weight excluding hydrogens is 419 g/mol. The third kappa shape index (κ3) is 4.46. The molecule has 0 fully saturated rings. The van der Waals surface area contributed by atoms with Gasteiger partial charge in [-0.05, 0) is 48.5 Å². The molecule has 1 N–H and O–H groups in total. The van der Waals surface area contributed by atoms with E-state index in [1.54, 1.807) is 54.3 Å². The first-order valence-electron chi connectivity index (χ1n) is 9.33. The Morgan fingerprint density at radius 2 is 1.94 bits per heavy atom. The van der Waals surface area contributed by atoms with Crippen LogP contribution < -0.4 is 14.8 Å². The lowest BCUT2D eigenvalue weighted by molar-refractivity contribution is -0.113. The van der Waals surface area contributed by atoms with Crippen LogP contribution in [0.2, 0.25) is 0 Å². The Kier molecular flexibility index (Phi) is 6.03. The topological polar surface area (TPSA) is 78.3 Å². The van der Waals surface area contributed by atoms with Gasteiger partial charge >= 0.3 is 0 Å². The highest BCUT2D eigenvalue weighted by atomic mass is 32.2. The number of carbonyl (C=O) groups excluding carboxylic acids is 1. The Balaban J connectivity index is 1.56. The highest BCUT2D eigenvalue weighted by Crippen LogP contribution is 2.30. The number of methoxy groups -OCH3 is 2. The first-order valence-corrected chi connectivity index (χ1v) is 10.3. The molecule has 2 heterocycles. The zero-order valence-electron chi connectivity index (χ0n) is 16.8. The lowest BCUT2D eigenvalue weighted by Gasteiger charge is -2.12. The lowest BCUT2D eigenvalue weighted by atomic mass is 10.2. The van der Waals surface area contributed by atoms with Gasteiger partial charge < -0.3 is 14.8 Å². The molecule has 0 unspecified atom stereocenters. The van der Waals surface area contributed by atoms with Gasteiger partial charge in [0.25, 0.3) is 0 Å². The molecule has 0 spiro atoms. The number of thioether (sulfide) groups is 1. The van der Waals surface area contributed by atoms with Gasteiger partial charge in [0.05, 0.1) is 25.7 Å². The monoisotopic (exact) mass is 438 g/mol. The van der Waals surface area contributed by atoms with Gasteiger partial charge in [0, 0.05) is 18.0 Å². The lowest BCUT2D eigenvalue weighted by Crippen LogP contribution is -2.15. The third-order valence-electron chi connectivity index (χ3n) is 4.49. The Morgan fingerprint density at radius 3 is 2.68 bits per heavy atom. The highest BCUT2D eigenvalue weighted by molar-refractivity contribution is 7.99. The summed E-state index contributed by atoms with van der Waals surface area (Å²) < 4.78 is 25.7. The van der Waals surface area contributed by atoms with E-state index < -0.39 is 0 Å². The maximum atomic E-state index is 13.4. The summed E-state index contributed by atoms with van der Waals surface area (Å²) in [6.07, 6.45) is 1.67. The number of pyridine rings is 1. The van der Waals surface area contributed by atoms with Gasteiger partial charge in [-0.25, -0.2) is 14.4 Å². The molecule has 2 aromatic carbocycles. The second-order valence-electron chi connectivity index (χ2n) is 6.46. The molecular formula is C22H19FN4O3S. The van der Waals surface area contributed by atoms with E-state index in [0.717, 1.165) is 0 Å². The second-order valence-corrected chi connectivity index (χ2v) is 7.40. The van der Waals surface area contributed by atoms with Crippen molar-refractivity contribution in [3.8, 4) is 17.2 Å². The number of anilines is 1. The van der Waals surface area contributed by atoms with Crippen LogP contribution in [0.1, 0.15) is 0 Å². The van der Waals surface area contributed by atoms with E-state index in [0.29, 0.717) is 39.2 Å². The molecule has 0 aliphatic rings. The van der Waals surface area contributed by atoms with Crippen LogP contribution in [-0.2, 0) is 4.79 Å². The zero-order chi connectivity index (χ0) is 21.8. The van der Waals surface area contributed by atoms with E-state index in [1.165, 1.54) is 31.0 Å².